The summed E-state index contributed by atoms with van der Waals surface area (Å²) in [5.41, 5.74) is 0.873. The predicted molar refractivity (Wildman–Crippen MR) is 82.5 cm³/mol. The maximum atomic E-state index is 6.10. The van der Waals surface area contributed by atoms with Crippen molar-refractivity contribution in [1.82, 2.24) is 9.97 Å². The average Bonchev–Trinajstić information content (AvgIpc) is 3.20. The molecule has 2 heterocycles. The molecule has 1 aliphatic rings. The Morgan fingerprint density at radius 2 is 2.00 bits per heavy atom. The van der Waals surface area contributed by atoms with Gasteiger partial charge < -0.3 is 9.32 Å². The van der Waals surface area contributed by atoms with E-state index in [0.717, 1.165) is 22.5 Å². The van der Waals surface area contributed by atoms with Gasteiger partial charge in [0, 0.05) is 11.4 Å². The first-order valence-electron chi connectivity index (χ1n) is 7.02. The minimum absolute atomic E-state index is 0.286. The molecule has 0 saturated heterocycles. The van der Waals surface area contributed by atoms with Crippen molar-refractivity contribution < 1.29 is 4.42 Å². The van der Waals surface area contributed by atoms with Gasteiger partial charge in [0.25, 0.3) is 0 Å². The summed E-state index contributed by atoms with van der Waals surface area (Å²) in [5.74, 6) is 1.82. The van der Waals surface area contributed by atoms with Crippen LogP contribution in [0.5, 0.6) is 0 Å². The van der Waals surface area contributed by atoms with E-state index < -0.39 is 0 Å². The van der Waals surface area contributed by atoms with Crippen molar-refractivity contribution >= 4 is 28.3 Å². The van der Waals surface area contributed by atoms with Crippen LogP contribution in [0.4, 0.5) is 5.82 Å². The first-order valence-corrected chi connectivity index (χ1v) is 7.40. The van der Waals surface area contributed by atoms with Crippen LogP contribution in [0.2, 0.25) is 5.28 Å². The molecule has 0 bridgehead atoms. The third-order valence-electron chi connectivity index (χ3n) is 3.72. The maximum absolute atomic E-state index is 6.10. The second-order valence-electron chi connectivity index (χ2n) is 5.27. The van der Waals surface area contributed by atoms with Crippen molar-refractivity contribution in [3.63, 3.8) is 0 Å². The molecule has 1 aliphatic carbocycles. The zero-order chi connectivity index (χ0) is 14.2. The van der Waals surface area contributed by atoms with Gasteiger partial charge in [0.05, 0.1) is 18.3 Å². The molecule has 0 spiro atoms. The largest absolute Gasteiger partial charge is 0.467 e. The fourth-order valence-corrected chi connectivity index (χ4v) is 2.76. The number of fused-ring (bicyclic) bond motifs is 1. The highest BCUT2D eigenvalue weighted by molar-refractivity contribution is 6.28. The molecule has 106 valence electrons. The topological polar surface area (TPSA) is 42.2 Å². The monoisotopic (exact) mass is 299 g/mol. The van der Waals surface area contributed by atoms with Crippen LogP contribution in [-0.4, -0.2) is 16.0 Å². The Labute approximate surface area is 127 Å². The summed E-state index contributed by atoms with van der Waals surface area (Å²) >= 11 is 6.10. The molecule has 0 radical (unpaired) electrons. The van der Waals surface area contributed by atoms with Crippen molar-refractivity contribution in [1.29, 1.82) is 0 Å². The molecule has 0 unspecified atom stereocenters. The molecule has 4 nitrogen and oxygen atoms in total. The molecule has 2 aromatic heterocycles. The fraction of sp³-hybridized carbons (Fsp3) is 0.250. The Morgan fingerprint density at radius 1 is 1.14 bits per heavy atom. The zero-order valence-corrected chi connectivity index (χ0v) is 12.1. The Bertz CT molecular complexity index is 768. The standard InChI is InChI=1S/C16H14ClN3O/c17-16-18-14-6-2-1-5-13(14)15(19-16)20(11-7-8-11)10-12-4-3-9-21-12/h1-6,9,11H,7-8,10H2. The van der Waals surface area contributed by atoms with Crippen molar-refractivity contribution in [2.75, 3.05) is 4.90 Å². The van der Waals surface area contributed by atoms with Crippen LogP contribution >= 0.6 is 11.6 Å². The van der Waals surface area contributed by atoms with Gasteiger partial charge >= 0.3 is 0 Å². The quantitative estimate of drug-likeness (QED) is 0.682. The molecule has 1 saturated carbocycles. The van der Waals surface area contributed by atoms with Crippen LogP contribution in [0, 0.1) is 0 Å². The summed E-state index contributed by atoms with van der Waals surface area (Å²) < 4.78 is 5.49. The lowest BCUT2D eigenvalue weighted by Gasteiger charge is -2.23. The van der Waals surface area contributed by atoms with Crippen LogP contribution in [0.3, 0.4) is 0 Å². The lowest BCUT2D eigenvalue weighted by molar-refractivity contribution is 0.500. The number of rotatable bonds is 4. The summed E-state index contributed by atoms with van der Waals surface area (Å²) in [7, 11) is 0. The van der Waals surface area contributed by atoms with E-state index in [9.17, 15) is 0 Å². The molecule has 4 rings (SSSR count). The zero-order valence-electron chi connectivity index (χ0n) is 11.4. The number of para-hydroxylation sites is 1. The normalized spacial score (nSPS) is 14.5. The van der Waals surface area contributed by atoms with Crippen LogP contribution in [0.15, 0.2) is 47.1 Å². The highest BCUT2D eigenvalue weighted by Crippen LogP contribution is 2.36. The summed E-state index contributed by atoms with van der Waals surface area (Å²) in [6.07, 6.45) is 4.05. The van der Waals surface area contributed by atoms with Gasteiger partial charge in [0.1, 0.15) is 11.6 Å². The number of hydrogen-bond donors (Lipinski definition) is 0. The van der Waals surface area contributed by atoms with Crippen molar-refractivity contribution in [2.45, 2.75) is 25.4 Å². The van der Waals surface area contributed by atoms with Gasteiger partial charge in [-0.25, -0.2) is 4.98 Å². The summed E-state index contributed by atoms with van der Waals surface area (Å²) in [6, 6.07) is 12.4. The number of hydrogen-bond acceptors (Lipinski definition) is 4. The van der Waals surface area contributed by atoms with Crippen LogP contribution in [0.1, 0.15) is 18.6 Å². The molecule has 1 aromatic carbocycles. The molecule has 0 N–H and O–H groups in total. The van der Waals surface area contributed by atoms with Gasteiger partial charge in [-0.3, -0.25) is 0 Å². The van der Waals surface area contributed by atoms with Crippen molar-refractivity contribution in [3.05, 3.63) is 53.7 Å². The van der Waals surface area contributed by atoms with Gasteiger partial charge in [-0.05, 0) is 48.7 Å². The highest BCUT2D eigenvalue weighted by Gasteiger charge is 2.32. The molecule has 0 aliphatic heterocycles. The summed E-state index contributed by atoms with van der Waals surface area (Å²) in [5, 5.41) is 1.31. The number of anilines is 1. The van der Waals surface area contributed by atoms with E-state index in [1.54, 1.807) is 6.26 Å². The maximum Gasteiger partial charge on any atom is 0.224 e. The first-order chi connectivity index (χ1) is 10.3. The third-order valence-corrected chi connectivity index (χ3v) is 3.89. The van der Waals surface area contributed by atoms with E-state index in [-0.39, 0.29) is 5.28 Å². The van der Waals surface area contributed by atoms with Gasteiger partial charge in [-0.15, -0.1) is 0 Å². The van der Waals surface area contributed by atoms with Crippen LogP contribution < -0.4 is 4.90 Å². The minimum Gasteiger partial charge on any atom is -0.467 e. The van der Waals surface area contributed by atoms with Crippen molar-refractivity contribution in [2.24, 2.45) is 0 Å². The molecule has 3 aromatic rings. The van der Waals surface area contributed by atoms with Crippen molar-refractivity contribution in [3.8, 4) is 0 Å². The van der Waals surface area contributed by atoms with Gasteiger partial charge in [0.2, 0.25) is 5.28 Å². The fourth-order valence-electron chi connectivity index (χ4n) is 2.58. The second kappa shape index (κ2) is 5.04. The number of benzene rings is 1. The number of nitrogens with zero attached hydrogens (tertiary/aromatic N) is 3. The minimum atomic E-state index is 0.286. The van der Waals surface area contributed by atoms with E-state index in [2.05, 4.69) is 14.9 Å². The Morgan fingerprint density at radius 3 is 2.76 bits per heavy atom. The molecule has 21 heavy (non-hydrogen) atoms. The summed E-state index contributed by atoms with van der Waals surface area (Å²) in [6.45, 7) is 0.703. The molecule has 1 fully saturated rings. The van der Waals surface area contributed by atoms with E-state index in [0.29, 0.717) is 12.6 Å². The lowest BCUT2D eigenvalue weighted by atomic mass is 10.2. The number of furan rings is 1. The second-order valence-corrected chi connectivity index (χ2v) is 5.61. The van der Waals surface area contributed by atoms with E-state index in [1.165, 1.54) is 12.8 Å². The highest BCUT2D eigenvalue weighted by atomic mass is 35.5. The van der Waals surface area contributed by atoms with Crippen LogP contribution in [-0.2, 0) is 6.54 Å². The van der Waals surface area contributed by atoms with Gasteiger partial charge in [-0.2, -0.15) is 4.98 Å². The number of aromatic nitrogens is 2. The predicted octanol–water partition coefficient (Wildman–Crippen LogP) is 4.05. The van der Waals surface area contributed by atoms with Crippen LogP contribution in [0.25, 0.3) is 10.9 Å². The Hall–Kier alpha value is -2.07. The van der Waals surface area contributed by atoms with Gasteiger partial charge in [0.15, 0.2) is 0 Å². The first kappa shape index (κ1) is 12.7. The average molecular weight is 300 g/mol. The Balaban J connectivity index is 1.82. The third kappa shape index (κ3) is 2.47. The van der Waals surface area contributed by atoms with E-state index in [1.807, 2.05) is 36.4 Å². The van der Waals surface area contributed by atoms with Gasteiger partial charge in [-0.1, -0.05) is 12.1 Å². The molecular formula is C16H14ClN3O. The van der Waals surface area contributed by atoms with E-state index in [4.69, 9.17) is 16.0 Å². The summed E-state index contributed by atoms with van der Waals surface area (Å²) in [4.78, 5) is 11.1. The molecular weight excluding hydrogens is 286 g/mol. The van der Waals surface area contributed by atoms with E-state index >= 15 is 0 Å². The smallest absolute Gasteiger partial charge is 0.224 e. The SMILES string of the molecule is Clc1nc(N(Cc2ccco2)C2CC2)c2ccccc2n1. The Kier molecular flexibility index (Phi) is 3.04. The number of halogens is 1. The molecule has 0 atom stereocenters. The lowest BCUT2D eigenvalue weighted by Crippen LogP contribution is -2.26. The molecule has 0 amide bonds. The molecule has 5 heteroatoms.